The zero-order chi connectivity index (χ0) is 11.8. The van der Waals surface area contributed by atoms with Crippen molar-refractivity contribution in [3.8, 4) is 0 Å². The van der Waals surface area contributed by atoms with E-state index in [-0.39, 0.29) is 11.4 Å². The van der Waals surface area contributed by atoms with E-state index in [4.69, 9.17) is 0 Å². The van der Waals surface area contributed by atoms with Gasteiger partial charge in [0.05, 0.1) is 0 Å². The van der Waals surface area contributed by atoms with E-state index in [0.717, 1.165) is 16.0 Å². The molecule has 1 aromatic rings. The second-order valence-electron chi connectivity index (χ2n) is 5.09. The van der Waals surface area contributed by atoms with E-state index >= 15 is 0 Å². The second kappa shape index (κ2) is 4.46. The van der Waals surface area contributed by atoms with Crippen molar-refractivity contribution in [2.45, 2.75) is 38.8 Å². The van der Waals surface area contributed by atoms with Crippen LogP contribution in [0.5, 0.6) is 0 Å². The summed E-state index contributed by atoms with van der Waals surface area (Å²) in [5, 5.41) is 3.51. The maximum Gasteiger partial charge on any atom is 0.123 e. The van der Waals surface area contributed by atoms with E-state index in [9.17, 15) is 4.39 Å². The lowest BCUT2D eigenvalue weighted by atomic mass is 9.98. The number of halogens is 2. The Balaban J connectivity index is 2.01. The molecule has 0 bridgehead atoms. The molecule has 1 nitrogen and oxygen atoms in total. The van der Waals surface area contributed by atoms with Gasteiger partial charge in [-0.1, -0.05) is 15.9 Å². The van der Waals surface area contributed by atoms with Gasteiger partial charge < -0.3 is 5.32 Å². The molecule has 0 unspecified atom stereocenters. The van der Waals surface area contributed by atoms with Crippen molar-refractivity contribution in [1.29, 1.82) is 0 Å². The molecule has 0 atom stereocenters. The van der Waals surface area contributed by atoms with Crippen LogP contribution in [0.1, 0.15) is 32.3 Å². The minimum absolute atomic E-state index is 0.158. The molecule has 1 aliphatic carbocycles. The number of hydrogen-bond donors (Lipinski definition) is 1. The molecule has 0 aromatic heterocycles. The van der Waals surface area contributed by atoms with Gasteiger partial charge in [0, 0.05) is 16.6 Å². The molecule has 1 fully saturated rings. The van der Waals surface area contributed by atoms with Crippen molar-refractivity contribution in [1.82, 2.24) is 5.32 Å². The monoisotopic (exact) mass is 285 g/mol. The van der Waals surface area contributed by atoms with Crippen LogP contribution in [0, 0.1) is 11.7 Å². The fraction of sp³-hybridized carbons (Fsp3) is 0.538. The summed E-state index contributed by atoms with van der Waals surface area (Å²) in [4.78, 5) is 0. The third-order valence-corrected chi connectivity index (χ3v) is 4.11. The summed E-state index contributed by atoms with van der Waals surface area (Å²) in [6.45, 7) is 5.15. The largest absolute Gasteiger partial charge is 0.307 e. The van der Waals surface area contributed by atoms with Crippen LogP contribution in [0.2, 0.25) is 0 Å². The van der Waals surface area contributed by atoms with Gasteiger partial charge in [0.25, 0.3) is 0 Å². The third kappa shape index (κ3) is 2.83. The van der Waals surface area contributed by atoms with E-state index in [2.05, 4.69) is 35.1 Å². The Hall–Kier alpha value is -0.410. The quantitative estimate of drug-likeness (QED) is 0.886. The first-order valence-electron chi connectivity index (χ1n) is 5.68. The molecular formula is C13H17BrFN. The topological polar surface area (TPSA) is 12.0 Å². The normalized spacial score (nSPS) is 16.5. The van der Waals surface area contributed by atoms with Crippen molar-refractivity contribution in [2.24, 2.45) is 5.92 Å². The lowest BCUT2D eigenvalue weighted by Gasteiger charge is -2.26. The molecule has 0 spiro atoms. The highest BCUT2D eigenvalue weighted by molar-refractivity contribution is 9.10. The minimum atomic E-state index is -0.177. The molecule has 0 amide bonds. The van der Waals surface area contributed by atoms with Crippen molar-refractivity contribution in [3.05, 3.63) is 34.1 Å². The first-order chi connectivity index (χ1) is 7.49. The molecule has 16 heavy (non-hydrogen) atoms. The SMILES string of the molecule is CC(C)(NCc1cc(F)ccc1Br)C1CC1. The molecule has 0 aliphatic heterocycles. The fourth-order valence-electron chi connectivity index (χ4n) is 1.95. The standard InChI is InChI=1S/C13H17BrFN/c1-13(2,10-3-4-10)16-8-9-7-11(15)5-6-12(9)14/h5-7,10,16H,3-4,8H2,1-2H3. The van der Waals surface area contributed by atoms with Crippen LogP contribution < -0.4 is 5.32 Å². The van der Waals surface area contributed by atoms with Crippen molar-refractivity contribution >= 4 is 15.9 Å². The van der Waals surface area contributed by atoms with E-state index in [1.165, 1.54) is 18.9 Å². The predicted molar refractivity (Wildman–Crippen MR) is 67.7 cm³/mol. The molecule has 1 saturated carbocycles. The van der Waals surface area contributed by atoms with Crippen LogP contribution in [0.3, 0.4) is 0 Å². The Morgan fingerprint density at radius 3 is 2.75 bits per heavy atom. The number of benzene rings is 1. The zero-order valence-electron chi connectivity index (χ0n) is 9.69. The minimum Gasteiger partial charge on any atom is -0.307 e. The first-order valence-corrected chi connectivity index (χ1v) is 6.47. The summed E-state index contributed by atoms with van der Waals surface area (Å²) in [5.41, 5.74) is 1.14. The van der Waals surface area contributed by atoms with E-state index in [1.54, 1.807) is 12.1 Å². The fourth-order valence-corrected chi connectivity index (χ4v) is 2.34. The van der Waals surface area contributed by atoms with E-state index in [0.29, 0.717) is 6.54 Å². The van der Waals surface area contributed by atoms with Gasteiger partial charge in [-0.2, -0.15) is 0 Å². The molecule has 0 saturated heterocycles. The Kier molecular flexibility index (Phi) is 3.36. The van der Waals surface area contributed by atoms with Gasteiger partial charge in [0.1, 0.15) is 5.82 Å². The van der Waals surface area contributed by atoms with Crippen LogP contribution in [0.15, 0.2) is 22.7 Å². The van der Waals surface area contributed by atoms with Gasteiger partial charge in [-0.3, -0.25) is 0 Å². The predicted octanol–water partition coefficient (Wildman–Crippen LogP) is 3.87. The van der Waals surface area contributed by atoms with E-state index in [1.807, 2.05) is 0 Å². The van der Waals surface area contributed by atoms with Crippen LogP contribution in [-0.2, 0) is 6.54 Å². The molecule has 2 rings (SSSR count). The summed E-state index contributed by atoms with van der Waals surface area (Å²) in [5.74, 6) is 0.601. The Morgan fingerprint density at radius 1 is 1.44 bits per heavy atom. The first kappa shape index (κ1) is 12.1. The van der Waals surface area contributed by atoms with Gasteiger partial charge in [0.15, 0.2) is 0 Å². The average Bonchev–Trinajstić information content (AvgIpc) is 3.03. The molecule has 0 radical (unpaired) electrons. The third-order valence-electron chi connectivity index (χ3n) is 3.34. The molecule has 88 valence electrons. The van der Waals surface area contributed by atoms with Crippen LogP contribution in [-0.4, -0.2) is 5.54 Å². The maximum atomic E-state index is 13.1. The molecule has 1 aliphatic rings. The van der Waals surface area contributed by atoms with Gasteiger partial charge in [-0.05, 0) is 56.4 Å². The summed E-state index contributed by atoms with van der Waals surface area (Å²) >= 11 is 3.44. The van der Waals surface area contributed by atoms with Gasteiger partial charge in [-0.15, -0.1) is 0 Å². The summed E-state index contributed by atoms with van der Waals surface area (Å²) < 4.78 is 14.1. The molecule has 3 heteroatoms. The van der Waals surface area contributed by atoms with E-state index < -0.39 is 0 Å². The van der Waals surface area contributed by atoms with Crippen molar-refractivity contribution < 1.29 is 4.39 Å². The van der Waals surface area contributed by atoms with Crippen LogP contribution in [0.25, 0.3) is 0 Å². The van der Waals surface area contributed by atoms with Crippen LogP contribution >= 0.6 is 15.9 Å². The molecule has 0 heterocycles. The summed E-state index contributed by atoms with van der Waals surface area (Å²) in [7, 11) is 0. The van der Waals surface area contributed by atoms with Crippen molar-refractivity contribution in [2.75, 3.05) is 0 Å². The Labute approximate surface area is 105 Å². The van der Waals surface area contributed by atoms with Gasteiger partial charge in [0.2, 0.25) is 0 Å². The molecule has 1 N–H and O–H groups in total. The average molecular weight is 286 g/mol. The Bertz CT molecular complexity index is 386. The van der Waals surface area contributed by atoms with Gasteiger partial charge in [-0.25, -0.2) is 4.39 Å². The number of nitrogens with one attached hydrogen (secondary N) is 1. The maximum absolute atomic E-state index is 13.1. The highest BCUT2D eigenvalue weighted by Crippen LogP contribution is 2.39. The number of rotatable bonds is 4. The smallest absolute Gasteiger partial charge is 0.123 e. The summed E-state index contributed by atoms with van der Waals surface area (Å²) in [6.07, 6.45) is 2.62. The highest BCUT2D eigenvalue weighted by Gasteiger charge is 2.37. The Morgan fingerprint density at radius 2 is 2.12 bits per heavy atom. The lowest BCUT2D eigenvalue weighted by molar-refractivity contribution is 0.339. The van der Waals surface area contributed by atoms with Gasteiger partial charge >= 0.3 is 0 Å². The second-order valence-corrected chi connectivity index (χ2v) is 5.94. The summed E-state index contributed by atoms with van der Waals surface area (Å²) in [6, 6.07) is 4.82. The van der Waals surface area contributed by atoms with Crippen molar-refractivity contribution in [3.63, 3.8) is 0 Å². The molecule has 1 aromatic carbocycles. The van der Waals surface area contributed by atoms with Crippen LogP contribution in [0.4, 0.5) is 4.39 Å². The highest BCUT2D eigenvalue weighted by atomic mass is 79.9. The zero-order valence-corrected chi connectivity index (χ0v) is 11.3. The lowest BCUT2D eigenvalue weighted by Crippen LogP contribution is -2.40. The number of hydrogen-bond acceptors (Lipinski definition) is 1. The molecular weight excluding hydrogens is 269 g/mol.